The summed E-state index contributed by atoms with van der Waals surface area (Å²) in [5.41, 5.74) is 10.0. The second-order valence-electron chi connectivity index (χ2n) is 12.5. The molecule has 2 aromatic heterocycles. The van der Waals surface area contributed by atoms with Gasteiger partial charge in [-0.1, -0.05) is 115 Å². The van der Waals surface area contributed by atoms with Crippen LogP contribution in [0.4, 0.5) is 17.1 Å². The van der Waals surface area contributed by atoms with Crippen LogP contribution in [0.25, 0.3) is 75.1 Å². The monoisotopic (exact) mass is 643 g/mol. The van der Waals surface area contributed by atoms with Crippen LogP contribution >= 0.6 is 11.3 Å². The van der Waals surface area contributed by atoms with Crippen LogP contribution in [0.2, 0.25) is 0 Å². The van der Waals surface area contributed by atoms with Gasteiger partial charge in [-0.15, -0.1) is 11.3 Å². The predicted octanol–water partition coefficient (Wildman–Crippen LogP) is 13.9. The molecule has 0 atom stereocenters. The molecule has 0 amide bonds. The summed E-state index contributed by atoms with van der Waals surface area (Å²) in [6, 6.07) is 63.2. The summed E-state index contributed by atoms with van der Waals surface area (Å²) in [5.74, 6) is 0. The summed E-state index contributed by atoms with van der Waals surface area (Å²) in [4.78, 5) is 2.40. The zero-order valence-electron chi connectivity index (χ0n) is 26.5. The molecule has 0 bridgehead atoms. The lowest BCUT2D eigenvalue weighted by Gasteiger charge is -2.27. The SMILES string of the molecule is c1ccc(-c2ccc(N(c3ccc(-c4ccc5ccc6c7ccccc7oc6c5c4)cc3)c3cccc4sc5ccccc5c34)cc2)cc1. The molecule has 0 aliphatic carbocycles. The third-order valence-corrected chi connectivity index (χ3v) is 10.8. The first kappa shape index (κ1) is 27.9. The largest absolute Gasteiger partial charge is 0.455 e. The van der Waals surface area contributed by atoms with E-state index in [1.807, 2.05) is 23.5 Å². The molecule has 0 fully saturated rings. The molecule has 3 heteroatoms. The molecule has 0 saturated carbocycles. The smallest absolute Gasteiger partial charge is 0.143 e. The highest BCUT2D eigenvalue weighted by molar-refractivity contribution is 7.26. The summed E-state index contributed by atoms with van der Waals surface area (Å²) in [7, 11) is 0. The molecule has 0 radical (unpaired) electrons. The van der Waals surface area contributed by atoms with Gasteiger partial charge in [0.2, 0.25) is 0 Å². The highest BCUT2D eigenvalue weighted by Crippen LogP contribution is 2.45. The van der Waals surface area contributed by atoms with Crippen LogP contribution in [0.15, 0.2) is 180 Å². The lowest BCUT2D eigenvalue weighted by atomic mass is 9.99. The van der Waals surface area contributed by atoms with Crippen LogP contribution in [0.5, 0.6) is 0 Å². The highest BCUT2D eigenvalue weighted by atomic mass is 32.1. The molecule has 2 heterocycles. The zero-order valence-corrected chi connectivity index (χ0v) is 27.3. The molecule has 10 aromatic rings. The van der Waals surface area contributed by atoms with E-state index < -0.39 is 0 Å². The van der Waals surface area contributed by atoms with Crippen molar-refractivity contribution < 1.29 is 4.42 Å². The molecule has 0 spiro atoms. The fraction of sp³-hybridized carbons (Fsp3) is 0. The Morgan fingerprint density at radius 3 is 1.82 bits per heavy atom. The minimum Gasteiger partial charge on any atom is -0.455 e. The molecule has 0 saturated heterocycles. The van der Waals surface area contributed by atoms with Crippen LogP contribution in [0, 0.1) is 0 Å². The lowest BCUT2D eigenvalue weighted by Crippen LogP contribution is -2.10. The number of para-hydroxylation sites is 1. The van der Waals surface area contributed by atoms with E-state index >= 15 is 0 Å². The van der Waals surface area contributed by atoms with Crippen molar-refractivity contribution in [2.75, 3.05) is 4.90 Å². The first-order valence-corrected chi connectivity index (χ1v) is 17.4. The minimum absolute atomic E-state index is 0.921. The van der Waals surface area contributed by atoms with E-state index in [-0.39, 0.29) is 0 Å². The summed E-state index contributed by atoms with van der Waals surface area (Å²) in [6.07, 6.45) is 0. The first-order valence-electron chi connectivity index (χ1n) is 16.6. The van der Waals surface area contributed by atoms with Crippen molar-refractivity contribution in [2.24, 2.45) is 0 Å². The van der Waals surface area contributed by atoms with E-state index in [4.69, 9.17) is 4.42 Å². The maximum absolute atomic E-state index is 6.39. The Hall–Kier alpha value is -6.16. The molecule has 10 rings (SSSR count). The van der Waals surface area contributed by atoms with Crippen LogP contribution < -0.4 is 4.90 Å². The molecule has 0 N–H and O–H groups in total. The van der Waals surface area contributed by atoms with E-state index in [0.29, 0.717) is 0 Å². The van der Waals surface area contributed by atoms with E-state index in [1.54, 1.807) is 0 Å². The third kappa shape index (κ3) is 4.62. The molecule has 0 aliphatic rings. The van der Waals surface area contributed by atoms with E-state index in [2.05, 4.69) is 169 Å². The number of thiophene rings is 1. The van der Waals surface area contributed by atoms with Crippen molar-refractivity contribution in [3.05, 3.63) is 176 Å². The van der Waals surface area contributed by atoms with Crippen molar-refractivity contribution in [1.29, 1.82) is 0 Å². The van der Waals surface area contributed by atoms with Crippen LogP contribution in [-0.2, 0) is 0 Å². The second kappa shape index (κ2) is 11.2. The van der Waals surface area contributed by atoms with Gasteiger partial charge in [0.15, 0.2) is 0 Å². The Morgan fingerprint density at radius 1 is 0.408 bits per heavy atom. The van der Waals surface area contributed by atoms with Gasteiger partial charge in [-0.05, 0) is 88.3 Å². The van der Waals surface area contributed by atoms with Crippen molar-refractivity contribution in [3.63, 3.8) is 0 Å². The maximum atomic E-state index is 6.39. The number of hydrogen-bond donors (Lipinski definition) is 0. The van der Waals surface area contributed by atoms with Gasteiger partial charge in [0.05, 0.1) is 5.69 Å². The van der Waals surface area contributed by atoms with Crippen molar-refractivity contribution in [1.82, 2.24) is 0 Å². The average molecular weight is 644 g/mol. The molecule has 230 valence electrons. The van der Waals surface area contributed by atoms with E-state index in [0.717, 1.165) is 49.8 Å². The number of benzene rings is 8. The van der Waals surface area contributed by atoms with Crippen molar-refractivity contribution in [2.45, 2.75) is 0 Å². The molecule has 49 heavy (non-hydrogen) atoms. The van der Waals surface area contributed by atoms with E-state index in [1.165, 1.54) is 42.4 Å². The van der Waals surface area contributed by atoms with Gasteiger partial charge < -0.3 is 9.32 Å². The Labute approximate surface area is 287 Å². The average Bonchev–Trinajstić information content (AvgIpc) is 3.75. The van der Waals surface area contributed by atoms with Crippen molar-refractivity contribution >= 4 is 81.3 Å². The van der Waals surface area contributed by atoms with Gasteiger partial charge in [0, 0.05) is 47.7 Å². The summed E-state index contributed by atoms with van der Waals surface area (Å²) in [5, 5.41) is 7.18. The van der Waals surface area contributed by atoms with Gasteiger partial charge in [0.25, 0.3) is 0 Å². The zero-order chi connectivity index (χ0) is 32.3. The van der Waals surface area contributed by atoms with Crippen LogP contribution in [-0.4, -0.2) is 0 Å². The van der Waals surface area contributed by atoms with Crippen LogP contribution in [0.3, 0.4) is 0 Å². The molecule has 2 nitrogen and oxygen atoms in total. The van der Waals surface area contributed by atoms with Gasteiger partial charge in [0.1, 0.15) is 11.2 Å². The highest BCUT2D eigenvalue weighted by Gasteiger charge is 2.19. The normalized spacial score (nSPS) is 11.7. The number of rotatable bonds is 5. The standard InChI is InChI=1S/C46H29NOS/c1-2-9-30(10-3-1)31-19-24-35(25-20-31)47(41-13-8-16-44-45(41)39-12-5-7-15-43(39)49-44)36-26-21-32(22-27-36)34-18-17-33-23-28-38-37-11-4-6-14-42(37)48-46(38)40(33)29-34/h1-29H. The summed E-state index contributed by atoms with van der Waals surface area (Å²) in [6.45, 7) is 0. The van der Waals surface area contributed by atoms with Crippen molar-refractivity contribution in [3.8, 4) is 22.3 Å². The first-order chi connectivity index (χ1) is 24.3. The van der Waals surface area contributed by atoms with Gasteiger partial charge in [-0.2, -0.15) is 0 Å². The quantitative estimate of drug-likeness (QED) is 0.186. The Kier molecular flexibility index (Phi) is 6.39. The topological polar surface area (TPSA) is 16.4 Å². The summed E-state index contributed by atoms with van der Waals surface area (Å²) < 4.78 is 8.98. The Balaban J connectivity index is 1.11. The van der Waals surface area contributed by atoms with Gasteiger partial charge in [-0.25, -0.2) is 0 Å². The predicted molar refractivity (Wildman–Crippen MR) is 210 cm³/mol. The fourth-order valence-corrected chi connectivity index (χ4v) is 8.41. The lowest BCUT2D eigenvalue weighted by molar-refractivity contribution is 0.672. The molecule has 0 aliphatic heterocycles. The maximum Gasteiger partial charge on any atom is 0.143 e. The molecular formula is C46H29NOS. The number of hydrogen-bond acceptors (Lipinski definition) is 3. The number of anilines is 3. The molecule has 8 aromatic carbocycles. The van der Waals surface area contributed by atoms with E-state index in [9.17, 15) is 0 Å². The number of furan rings is 1. The fourth-order valence-electron chi connectivity index (χ4n) is 7.29. The summed E-state index contributed by atoms with van der Waals surface area (Å²) >= 11 is 1.85. The third-order valence-electron chi connectivity index (χ3n) is 9.67. The van der Waals surface area contributed by atoms with Crippen LogP contribution in [0.1, 0.15) is 0 Å². The Bertz CT molecular complexity index is 2810. The molecular weight excluding hydrogens is 615 g/mol. The molecule has 0 unspecified atom stereocenters. The second-order valence-corrected chi connectivity index (χ2v) is 13.6. The van der Waals surface area contributed by atoms with Gasteiger partial charge in [-0.3, -0.25) is 0 Å². The number of fused-ring (bicyclic) bond motifs is 8. The van der Waals surface area contributed by atoms with Gasteiger partial charge >= 0.3 is 0 Å². The minimum atomic E-state index is 0.921. The number of nitrogens with zero attached hydrogens (tertiary/aromatic N) is 1. The Morgan fingerprint density at radius 2 is 1.02 bits per heavy atom.